The molecule has 1 aromatic heterocycles. The Morgan fingerprint density at radius 1 is 0.885 bits per heavy atom. The molecule has 0 N–H and O–H groups in total. The summed E-state index contributed by atoms with van der Waals surface area (Å²) in [5.41, 5.74) is -3.11. The maximum Gasteiger partial charge on any atom is 0.460 e. The van der Waals surface area contributed by atoms with Crippen LogP contribution in [0.15, 0.2) is 30.6 Å². The summed E-state index contributed by atoms with van der Waals surface area (Å²) >= 11 is 0. The number of carbonyl (C=O) groups is 1. The normalized spacial score (nSPS) is 13.0. The fourth-order valence-corrected chi connectivity index (χ4v) is 1.85. The number of ketones is 1. The summed E-state index contributed by atoms with van der Waals surface area (Å²) in [5.74, 6) is -21.4. The second-order valence-corrected chi connectivity index (χ2v) is 4.83. The van der Waals surface area contributed by atoms with E-state index in [2.05, 4.69) is 9.97 Å². The Bertz CT molecular complexity index is 834. The molecule has 2 aromatic rings. The molecule has 0 aliphatic carbocycles. The smallest absolute Gasteiger partial charge is 0.287 e. The minimum atomic E-state index is -6.85. The van der Waals surface area contributed by atoms with Crippen molar-refractivity contribution in [3.63, 3.8) is 0 Å². The van der Waals surface area contributed by atoms with E-state index in [1.807, 2.05) is 0 Å². The molecule has 2 rings (SSSR count). The highest BCUT2D eigenvalue weighted by atomic mass is 19.4. The SMILES string of the molecule is O=C(c1c(F)ccc(-c2ncccn2)c1F)C(F)(F)C(F)(F)C(F)(F)F. The minimum absolute atomic E-state index is 0.240. The van der Waals surface area contributed by atoms with E-state index in [4.69, 9.17) is 0 Å². The highest BCUT2D eigenvalue weighted by Gasteiger charge is 2.76. The van der Waals surface area contributed by atoms with Crippen molar-refractivity contribution in [2.75, 3.05) is 0 Å². The summed E-state index contributed by atoms with van der Waals surface area (Å²) in [7, 11) is 0. The first-order valence-corrected chi connectivity index (χ1v) is 6.45. The van der Waals surface area contributed by atoms with Gasteiger partial charge in [0.05, 0.1) is 11.1 Å². The van der Waals surface area contributed by atoms with E-state index in [-0.39, 0.29) is 6.07 Å². The lowest BCUT2D eigenvalue weighted by Gasteiger charge is -2.27. The minimum Gasteiger partial charge on any atom is -0.287 e. The highest BCUT2D eigenvalue weighted by Crippen LogP contribution is 2.48. The van der Waals surface area contributed by atoms with E-state index in [9.17, 15) is 44.3 Å². The van der Waals surface area contributed by atoms with Gasteiger partial charge in [0.2, 0.25) is 5.78 Å². The summed E-state index contributed by atoms with van der Waals surface area (Å²) in [6.45, 7) is 0. The maximum atomic E-state index is 14.3. The Morgan fingerprint density at radius 3 is 1.92 bits per heavy atom. The lowest BCUT2D eigenvalue weighted by Crippen LogP contribution is -2.56. The van der Waals surface area contributed by atoms with Crippen LogP contribution in [0.5, 0.6) is 0 Å². The van der Waals surface area contributed by atoms with Gasteiger partial charge in [0, 0.05) is 12.4 Å². The van der Waals surface area contributed by atoms with Gasteiger partial charge in [-0.1, -0.05) is 0 Å². The number of alkyl halides is 7. The molecule has 12 heteroatoms. The Labute approximate surface area is 138 Å². The maximum absolute atomic E-state index is 14.3. The van der Waals surface area contributed by atoms with Crippen LogP contribution in [0, 0.1) is 11.6 Å². The molecule has 26 heavy (non-hydrogen) atoms. The Kier molecular flexibility index (Phi) is 4.73. The molecule has 0 atom stereocenters. The number of rotatable bonds is 4. The van der Waals surface area contributed by atoms with Gasteiger partial charge in [0.25, 0.3) is 0 Å². The van der Waals surface area contributed by atoms with E-state index in [1.54, 1.807) is 0 Å². The van der Waals surface area contributed by atoms with Crippen LogP contribution in [0.1, 0.15) is 10.4 Å². The predicted octanol–water partition coefficient (Wildman–Crippen LogP) is 4.44. The van der Waals surface area contributed by atoms with Crippen LogP contribution in [0.4, 0.5) is 39.5 Å². The van der Waals surface area contributed by atoms with Crippen LogP contribution >= 0.6 is 0 Å². The van der Waals surface area contributed by atoms with Crippen molar-refractivity contribution in [2.24, 2.45) is 0 Å². The highest BCUT2D eigenvalue weighted by molar-refractivity contribution is 6.03. The summed E-state index contributed by atoms with van der Waals surface area (Å²) in [6, 6.07) is 2.11. The van der Waals surface area contributed by atoms with Gasteiger partial charge in [-0.05, 0) is 18.2 Å². The van der Waals surface area contributed by atoms with Crippen LogP contribution < -0.4 is 0 Å². The van der Waals surface area contributed by atoms with Gasteiger partial charge in [-0.25, -0.2) is 18.7 Å². The Morgan fingerprint density at radius 2 is 1.42 bits per heavy atom. The number of carbonyl (C=O) groups excluding carboxylic acids is 1. The van der Waals surface area contributed by atoms with E-state index in [0.717, 1.165) is 12.4 Å². The number of Topliss-reactive ketones (excluding diaryl/α,β-unsaturated/α-hetero) is 1. The lowest BCUT2D eigenvalue weighted by molar-refractivity contribution is -0.339. The molecule has 1 aromatic carbocycles. The molecule has 1 heterocycles. The summed E-state index contributed by atoms with van der Waals surface area (Å²) in [4.78, 5) is 18.5. The second-order valence-electron chi connectivity index (χ2n) is 4.83. The third-order valence-corrected chi connectivity index (χ3v) is 3.16. The molecule has 0 aliphatic rings. The zero-order chi connectivity index (χ0) is 19.9. The van der Waals surface area contributed by atoms with Gasteiger partial charge in [-0.2, -0.15) is 30.7 Å². The van der Waals surface area contributed by atoms with E-state index < -0.39 is 52.4 Å². The zero-order valence-corrected chi connectivity index (χ0v) is 12.1. The molecule has 0 spiro atoms. The van der Waals surface area contributed by atoms with Crippen molar-refractivity contribution in [2.45, 2.75) is 18.0 Å². The number of hydrogen-bond acceptors (Lipinski definition) is 3. The molecule has 0 radical (unpaired) electrons. The average molecular weight is 388 g/mol. The van der Waals surface area contributed by atoms with Crippen molar-refractivity contribution >= 4 is 5.78 Å². The van der Waals surface area contributed by atoms with Crippen LogP contribution in [-0.4, -0.2) is 33.8 Å². The molecule has 140 valence electrons. The predicted molar refractivity (Wildman–Crippen MR) is 67.7 cm³/mol. The van der Waals surface area contributed by atoms with Crippen molar-refractivity contribution in [3.05, 3.63) is 47.8 Å². The van der Waals surface area contributed by atoms with Crippen LogP contribution in [0.3, 0.4) is 0 Å². The number of halogens is 9. The van der Waals surface area contributed by atoms with E-state index in [1.165, 1.54) is 6.07 Å². The van der Waals surface area contributed by atoms with Crippen molar-refractivity contribution in [3.8, 4) is 11.4 Å². The van der Waals surface area contributed by atoms with Crippen LogP contribution in [0.2, 0.25) is 0 Å². The molecule has 3 nitrogen and oxygen atoms in total. The topological polar surface area (TPSA) is 42.9 Å². The van der Waals surface area contributed by atoms with Gasteiger partial charge >= 0.3 is 18.0 Å². The first kappa shape index (κ1) is 19.7. The third-order valence-electron chi connectivity index (χ3n) is 3.16. The molecule has 0 fully saturated rings. The summed E-state index contributed by atoms with van der Waals surface area (Å²) in [5, 5.41) is 0. The molecular formula is C14H5F9N2O. The van der Waals surface area contributed by atoms with Gasteiger partial charge in [0.15, 0.2) is 5.82 Å². The monoisotopic (exact) mass is 388 g/mol. The third kappa shape index (κ3) is 2.99. The number of aromatic nitrogens is 2. The first-order valence-electron chi connectivity index (χ1n) is 6.45. The molecular weight excluding hydrogens is 383 g/mol. The zero-order valence-electron chi connectivity index (χ0n) is 12.1. The standard InChI is InChI=1S/C14H5F9N2O/c15-7-3-2-6(11-24-4-1-5-25-11)9(16)8(7)10(26)12(17,18)13(19,20)14(21,22)23/h1-5H. The molecule has 0 bridgehead atoms. The van der Waals surface area contributed by atoms with Gasteiger partial charge in [-0.3, -0.25) is 4.79 Å². The van der Waals surface area contributed by atoms with Gasteiger partial charge in [-0.15, -0.1) is 0 Å². The first-order chi connectivity index (χ1) is 11.8. The fourth-order valence-electron chi connectivity index (χ4n) is 1.85. The molecule has 0 saturated carbocycles. The second kappa shape index (κ2) is 6.25. The number of nitrogens with zero attached hydrogens (tertiary/aromatic N) is 2. The number of benzene rings is 1. The van der Waals surface area contributed by atoms with Crippen LogP contribution in [0.25, 0.3) is 11.4 Å². The lowest BCUT2D eigenvalue weighted by atomic mass is 9.97. The van der Waals surface area contributed by atoms with Crippen molar-refractivity contribution in [1.82, 2.24) is 9.97 Å². The quantitative estimate of drug-likeness (QED) is 0.575. The van der Waals surface area contributed by atoms with Crippen molar-refractivity contribution in [1.29, 1.82) is 0 Å². The average Bonchev–Trinajstić information content (AvgIpc) is 2.54. The van der Waals surface area contributed by atoms with Crippen LogP contribution in [-0.2, 0) is 0 Å². The largest absolute Gasteiger partial charge is 0.460 e. The number of hydrogen-bond donors (Lipinski definition) is 0. The van der Waals surface area contributed by atoms with E-state index in [0.29, 0.717) is 6.07 Å². The molecule has 0 saturated heterocycles. The molecule has 0 amide bonds. The Balaban J connectivity index is 2.63. The molecule has 0 unspecified atom stereocenters. The van der Waals surface area contributed by atoms with Gasteiger partial charge < -0.3 is 0 Å². The summed E-state index contributed by atoms with van der Waals surface area (Å²) < 4.78 is 117. The van der Waals surface area contributed by atoms with Crippen molar-refractivity contribution < 1.29 is 44.3 Å². The van der Waals surface area contributed by atoms with Gasteiger partial charge in [0.1, 0.15) is 11.6 Å². The van der Waals surface area contributed by atoms with E-state index >= 15 is 0 Å². The molecule has 0 aliphatic heterocycles. The summed E-state index contributed by atoms with van der Waals surface area (Å²) in [6.07, 6.45) is -4.72. The Hall–Kier alpha value is -2.66. The fraction of sp³-hybridized carbons (Fsp3) is 0.214.